The third kappa shape index (κ3) is 7.27. The van der Waals surface area contributed by atoms with Crippen LogP contribution in [0.5, 0.6) is 11.5 Å². The van der Waals surface area contributed by atoms with Crippen molar-refractivity contribution in [3.05, 3.63) is 23.8 Å². The lowest BCUT2D eigenvalue weighted by atomic mass is 9.88. The maximum absolute atomic E-state index is 10.8. The van der Waals surface area contributed by atoms with E-state index in [9.17, 15) is 5.11 Å². The number of aliphatic hydroxyl groups is 1. The van der Waals surface area contributed by atoms with E-state index in [4.69, 9.17) is 9.47 Å². The fourth-order valence-corrected chi connectivity index (χ4v) is 4.88. The lowest BCUT2D eigenvalue weighted by Crippen LogP contribution is -2.49. The van der Waals surface area contributed by atoms with Crippen LogP contribution in [0.4, 0.5) is 0 Å². The minimum atomic E-state index is -0.771. The lowest BCUT2D eigenvalue weighted by Gasteiger charge is -2.36. The molecular formula is C25H42N4O3. The van der Waals surface area contributed by atoms with Gasteiger partial charge in [0.2, 0.25) is 0 Å². The van der Waals surface area contributed by atoms with Gasteiger partial charge in [0.25, 0.3) is 0 Å². The Hall–Kier alpha value is -1.99. The summed E-state index contributed by atoms with van der Waals surface area (Å²) in [7, 11) is 3.22. The van der Waals surface area contributed by atoms with Gasteiger partial charge in [-0.25, -0.2) is 0 Å². The van der Waals surface area contributed by atoms with Crippen LogP contribution in [0.25, 0.3) is 0 Å². The van der Waals surface area contributed by atoms with E-state index in [0.717, 1.165) is 44.4 Å². The molecule has 1 saturated heterocycles. The van der Waals surface area contributed by atoms with Crippen LogP contribution >= 0.6 is 0 Å². The fourth-order valence-electron chi connectivity index (χ4n) is 4.88. The maximum atomic E-state index is 10.8. The zero-order valence-corrected chi connectivity index (χ0v) is 20.1. The lowest BCUT2D eigenvalue weighted by molar-refractivity contribution is 0.160. The van der Waals surface area contributed by atoms with Crippen molar-refractivity contribution in [2.45, 2.75) is 64.0 Å². The van der Waals surface area contributed by atoms with Crippen molar-refractivity contribution < 1.29 is 14.6 Å². The number of nitrogens with one attached hydrogen (secondary N) is 2. The molecule has 180 valence electrons. The van der Waals surface area contributed by atoms with Gasteiger partial charge in [-0.05, 0) is 56.7 Å². The molecule has 1 aliphatic heterocycles. The number of rotatable bonds is 9. The minimum Gasteiger partial charge on any atom is -0.497 e. The van der Waals surface area contributed by atoms with Gasteiger partial charge >= 0.3 is 0 Å². The number of nitrogens with zero attached hydrogens (tertiary/aromatic N) is 2. The molecule has 2 aliphatic rings. The molecule has 0 radical (unpaired) electrons. The third-order valence-electron chi connectivity index (χ3n) is 6.73. The zero-order valence-electron chi connectivity index (χ0n) is 20.1. The summed E-state index contributed by atoms with van der Waals surface area (Å²) in [6, 6.07) is 5.86. The molecule has 7 nitrogen and oxygen atoms in total. The van der Waals surface area contributed by atoms with E-state index in [1.807, 2.05) is 12.1 Å². The van der Waals surface area contributed by atoms with Crippen molar-refractivity contribution in [2.24, 2.45) is 10.9 Å². The van der Waals surface area contributed by atoms with Crippen LogP contribution in [0, 0.1) is 5.92 Å². The maximum Gasteiger partial charge on any atom is 0.191 e. The first-order valence-corrected chi connectivity index (χ1v) is 12.3. The molecule has 7 heteroatoms. The number of aliphatic hydroxyl groups excluding tert-OH is 1. The number of methoxy groups -OCH3 is 2. The number of likely N-dealkylation sites (tertiary alicyclic amines) is 1. The summed E-state index contributed by atoms with van der Waals surface area (Å²) in [6.07, 6.45) is 8.57. The van der Waals surface area contributed by atoms with E-state index in [2.05, 4.69) is 27.4 Å². The largest absolute Gasteiger partial charge is 0.497 e. The summed E-state index contributed by atoms with van der Waals surface area (Å²) in [6.45, 7) is 6.67. The molecule has 1 atom stereocenters. The predicted molar refractivity (Wildman–Crippen MR) is 130 cm³/mol. The first kappa shape index (κ1) is 24.6. The van der Waals surface area contributed by atoms with Crippen molar-refractivity contribution in [1.29, 1.82) is 0 Å². The summed E-state index contributed by atoms with van der Waals surface area (Å²) in [5.41, 5.74) is 0.683. The smallest absolute Gasteiger partial charge is 0.191 e. The molecule has 3 rings (SSSR count). The van der Waals surface area contributed by atoms with Crippen molar-refractivity contribution >= 4 is 5.96 Å². The van der Waals surface area contributed by atoms with E-state index >= 15 is 0 Å². The van der Waals surface area contributed by atoms with Crippen LogP contribution in [0.1, 0.15) is 63.5 Å². The van der Waals surface area contributed by atoms with E-state index in [-0.39, 0.29) is 6.54 Å². The molecule has 1 aromatic carbocycles. The van der Waals surface area contributed by atoms with Crippen LogP contribution in [-0.4, -0.2) is 69.0 Å². The predicted octanol–water partition coefficient (Wildman–Crippen LogP) is 3.34. The molecule has 32 heavy (non-hydrogen) atoms. The topological polar surface area (TPSA) is 78.4 Å². The molecule has 0 spiro atoms. The van der Waals surface area contributed by atoms with Crippen molar-refractivity contribution in [1.82, 2.24) is 15.5 Å². The van der Waals surface area contributed by atoms with Crippen molar-refractivity contribution in [3.63, 3.8) is 0 Å². The van der Waals surface area contributed by atoms with Gasteiger partial charge in [0.05, 0.1) is 20.8 Å². The Bertz CT molecular complexity index is 713. The molecule has 1 unspecified atom stereocenters. The van der Waals surface area contributed by atoms with Crippen molar-refractivity contribution in [2.75, 3.05) is 46.9 Å². The van der Waals surface area contributed by atoms with Gasteiger partial charge in [-0.1, -0.05) is 19.3 Å². The Morgan fingerprint density at radius 3 is 2.53 bits per heavy atom. The van der Waals surface area contributed by atoms with Crippen LogP contribution < -0.4 is 20.1 Å². The molecular weight excluding hydrogens is 404 g/mol. The summed E-state index contributed by atoms with van der Waals surface area (Å²) in [5, 5.41) is 17.7. The minimum absolute atomic E-state index is 0.249. The van der Waals surface area contributed by atoms with Gasteiger partial charge in [-0.2, -0.15) is 0 Å². The second-order valence-electron chi connectivity index (χ2n) is 9.07. The van der Waals surface area contributed by atoms with E-state index in [0.29, 0.717) is 23.1 Å². The van der Waals surface area contributed by atoms with Gasteiger partial charge in [0.1, 0.15) is 17.6 Å². The SMILES string of the molecule is CCNC(=NCC(O)c1cc(OC)ccc1OC)NC1CCN(CC2CCCCC2)CC1. The normalized spacial score (nSPS) is 20.1. The average Bonchev–Trinajstić information content (AvgIpc) is 2.84. The number of benzene rings is 1. The molecule has 2 fully saturated rings. The first-order valence-electron chi connectivity index (χ1n) is 12.3. The zero-order chi connectivity index (χ0) is 22.8. The molecule has 1 aromatic rings. The summed E-state index contributed by atoms with van der Waals surface area (Å²) in [5.74, 6) is 2.99. The Morgan fingerprint density at radius 1 is 1.12 bits per heavy atom. The molecule has 0 amide bonds. The second kappa shape index (κ2) is 12.9. The van der Waals surface area contributed by atoms with Crippen molar-refractivity contribution in [3.8, 4) is 11.5 Å². The highest BCUT2D eigenvalue weighted by atomic mass is 16.5. The molecule has 1 aliphatic carbocycles. The van der Waals surface area contributed by atoms with Gasteiger partial charge in [0, 0.05) is 37.8 Å². The summed E-state index contributed by atoms with van der Waals surface area (Å²) >= 11 is 0. The molecule has 1 saturated carbocycles. The summed E-state index contributed by atoms with van der Waals surface area (Å²) < 4.78 is 10.7. The standard InChI is InChI=1S/C25H42N4O3/c1-4-26-25(27-17-23(30)22-16-21(31-2)10-11-24(22)32-3)28-20-12-14-29(15-13-20)18-19-8-6-5-7-9-19/h10-11,16,19-20,23,30H,4-9,12-15,17-18H2,1-3H3,(H2,26,27,28). The highest BCUT2D eigenvalue weighted by molar-refractivity contribution is 5.80. The molecule has 0 aromatic heterocycles. The molecule has 3 N–H and O–H groups in total. The Balaban J connectivity index is 1.52. The Morgan fingerprint density at radius 2 is 1.88 bits per heavy atom. The van der Waals surface area contributed by atoms with E-state index < -0.39 is 6.10 Å². The van der Waals surface area contributed by atoms with Crippen LogP contribution in [-0.2, 0) is 0 Å². The number of aliphatic imine (C=N–C) groups is 1. The fraction of sp³-hybridized carbons (Fsp3) is 0.720. The highest BCUT2D eigenvalue weighted by Crippen LogP contribution is 2.29. The van der Waals surface area contributed by atoms with Gasteiger partial charge in [-0.15, -0.1) is 0 Å². The quantitative estimate of drug-likeness (QED) is 0.399. The number of piperidine rings is 1. The third-order valence-corrected chi connectivity index (χ3v) is 6.73. The van der Waals surface area contributed by atoms with Gasteiger partial charge in [-0.3, -0.25) is 4.99 Å². The molecule has 1 heterocycles. The summed E-state index contributed by atoms with van der Waals surface area (Å²) in [4.78, 5) is 7.31. The highest BCUT2D eigenvalue weighted by Gasteiger charge is 2.23. The van der Waals surface area contributed by atoms with E-state index in [1.54, 1.807) is 20.3 Å². The van der Waals surface area contributed by atoms with Crippen LogP contribution in [0.2, 0.25) is 0 Å². The first-order chi connectivity index (χ1) is 15.6. The van der Waals surface area contributed by atoms with Gasteiger partial charge < -0.3 is 30.1 Å². The Labute approximate surface area is 193 Å². The van der Waals surface area contributed by atoms with Crippen LogP contribution in [0.15, 0.2) is 23.2 Å². The van der Waals surface area contributed by atoms with Crippen LogP contribution in [0.3, 0.4) is 0 Å². The van der Waals surface area contributed by atoms with E-state index in [1.165, 1.54) is 38.6 Å². The number of ether oxygens (including phenoxy) is 2. The molecule has 0 bridgehead atoms. The Kier molecular flexibility index (Phi) is 9.93. The number of guanidine groups is 1. The number of hydrogen-bond acceptors (Lipinski definition) is 5. The average molecular weight is 447 g/mol. The monoisotopic (exact) mass is 446 g/mol. The van der Waals surface area contributed by atoms with Gasteiger partial charge in [0.15, 0.2) is 5.96 Å². The number of hydrogen-bond donors (Lipinski definition) is 3. The second-order valence-corrected chi connectivity index (χ2v) is 9.07.